The van der Waals surface area contributed by atoms with E-state index in [2.05, 4.69) is 0 Å². The van der Waals surface area contributed by atoms with Gasteiger partial charge < -0.3 is 9.47 Å². The summed E-state index contributed by atoms with van der Waals surface area (Å²) in [7, 11) is 3.12. The van der Waals surface area contributed by atoms with Crippen molar-refractivity contribution >= 4 is 11.6 Å². The van der Waals surface area contributed by atoms with Gasteiger partial charge in [-0.1, -0.05) is 0 Å². The van der Waals surface area contributed by atoms with Gasteiger partial charge in [-0.05, 0) is 60.7 Å². The molecule has 0 bridgehead atoms. The number of ketones is 2. The summed E-state index contributed by atoms with van der Waals surface area (Å²) in [6.45, 7) is 0. The van der Waals surface area contributed by atoms with E-state index in [9.17, 15) is 9.59 Å². The Morgan fingerprint density at radius 3 is 1.27 bits per heavy atom. The van der Waals surface area contributed by atoms with E-state index < -0.39 is 0 Å². The SMILES string of the molecule is COc1ccc(C(=O)/C=C\C(=O)c2ccc(OC)cc2)cc1. The molecule has 112 valence electrons. The molecule has 0 saturated heterocycles. The lowest BCUT2D eigenvalue weighted by atomic mass is 10.1. The Hall–Kier alpha value is -2.88. The quantitative estimate of drug-likeness (QED) is 0.606. The summed E-state index contributed by atoms with van der Waals surface area (Å²) >= 11 is 0. The number of rotatable bonds is 6. The number of carbonyl (C=O) groups is 2. The molecule has 0 aromatic heterocycles. The average molecular weight is 296 g/mol. The first-order valence-corrected chi connectivity index (χ1v) is 6.69. The van der Waals surface area contributed by atoms with Crippen LogP contribution in [0.3, 0.4) is 0 Å². The van der Waals surface area contributed by atoms with Crippen LogP contribution in [0, 0.1) is 0 Å². The van der Waals surface area contributed by atoms with E-state index in [0.29, 0.717) is 22.6 Å². The van der Waals surface area contributed by atoms with Crippen LogP contribution in [0.15, 0.2) is 60.7 Å². The van der Waals surface area contributed by atoms with Crippen LogP contribution in [-0.2, 0) is 0 Å². The van der Waals surface area contributed by atoms with E-state index in [-0.39, 0.29) is 11.6 Å². The van der Waals surface area contributed by atoms with Gasteiger partial charge in [-0.15, -0.1) is 0 Å². The molecule has 0 fully saturated rings. The maximum absolute atomic E-state index is 12.0. The average Bonchev–Trinajstić information content (AvgIpc) is 2.59. The van der Waals surface area contributed by atoms with Crippen molar-refractivity contribution < 1.29 is 19.1 Å². The minimum absolute atomic E-state index is 0.232. The van der Waals surface area contributed by atoms with Crippen molar-refractivity contribution in [3.8, 4) is 11.5 Å². The van der Waals surface area contributed by atoms with Gasteiger partial charge in [0.15, 0.2) is 11.6 Å². The number of carbonyl (C=O) groups excluding carboxylic acids is 2. The van der Waals surface area contributed by atoms with Gasteiger partial charge in [0, 0.05) is 11.1 Å². The van der Waals surface area contributed by atoms with Crippen molar-refractivity contribution in [2.24, 2.45) is 0 Å². The van der Waals surface area contributed by atoms with E-state index >= 15 is 0 Å². The number of allylic oxidation sites excluding steroid dienone is 2. The summed E-state index contributed by atoms with van der Waals surface area (Å²) in [5, 5.41) is 0. The Bertz CT molecular complexity index is 621. The molecular formula is C18H16O4. The third kappa shape index (κ3) is 3.82. The molecule has 22 heavy (non-hydrogen) atoms. The van der Waals surface area contributed by atoms with Crippen LogP contribution in [0.4, 0.5) is 0 Å². The van der Waals surface area contributed by atoms with Crippen LogP contribution in [-0.4, -0.2) is 25.8 Å². The second-order valence-electron chi connectivity index (χ2n) is 4.52. The molecule has 0 amide bonds. The van der Waals surface area contributed by atoms with E-state index in [1.54, 1.807) is 62.8 Å². The van der Waals surface area contributed by atoms with Crippen LogP contribution in [0.25, 0.3) is 0 Å². The van der Waals surface area contributed by atoms with E-state index in [0.717, 1.165) is 0 Å². The summed E-state index contributed by atoms with van der Waals surface area (Å²) < 4.78 is 10.1. The molecular weight excluding hydrogens is 280 g/mol. The van der Waals surface area contributed by atoms with Gasteiger partial charge in [0.1, 0.15) is 11.5 Å². The molecule has 0 saturated carbocycles. The summed E-state index contributed by atoms with van der Waals surface area (Å²) in [4.78, 5) is 24.0. The van der Waals surface area contributed by atoms with Gasteiger partial charge in [0.25, 0.3) is 0 Å². The second-order valence-corrected chi connectivity index (χ2v) is 4.52. The molecule has 0 aliphatic heterocycles. The van der Waals surface area contributed by atoms with Crippen molar-refractivity contribution in [2.75, 3.05) is 14.2 Å². The van der Waals surface area contributed by atoms with Gasteiger partial charge >= 0.3 is 0 Å². The highest BCUT2D eigenvalue weighted by atomic mass is 16.5. The highest BCUT2D eigenvalue weighted by molar-refractivity contribution is 6.11. The number of methoxy groups -OCH3 is 2. The summed E-state index contributed by atoms with van der Waals surface area (Å²) in [6.07, 6.45) is 2.54. The van der Waals surface area contributed by atoms with Gasteiger partial charge in [0.2, 0.25) is 0 Å². The Morgan fingerprint density at radius 1 is 0.682 bits per heavy atom. The first kappa shape index (κ1) is 15.5. The molecule has 0 unspecified atom stereocenters. The highest BCUT2D eigenvalue weighted by Crippen LogP contribution is 2.14. The lowest BCUT2D eigenvalue weighted by molar-refractivity contribution is 0.102. The largest absolute Gasteiger partial charge is 0.497 e. The van der Waals surface area contributed by atoms with Gasteiger partial charge in [-0.25, -0.2) is 0 Å². The van der Waals surface area contributed by atoms with Gasteiger partial charge in [-0.2, -0.15) is 0 Å². The van der Waals surface area contributed by atoms with E-state index in [1.807, 2.05) is 0 Å². The van der Waals surface area contributed by atoms with Gasteiger partial charge in [-0.3, -0.25) is 9.59 Å². The Morgan fingerprint density at radius 2 is 1.00 bits per heavy atom. The van der Waals surface area contributed by atoms with Crippen LogP contribution < -0.4 is 9.47 Å². The number of hydrogen-bond donors (Lipinski definition) is 0. The topological polar surface area (TPSA) is 52.6 Å². The minimum atomic E-state index is -0.232. The second kappa shape index (κ2) is 7.22. The number of hydrogen-bond acceptors (Lipinski definition) is 4. The third-order valence-electron chi connectivity index (χ3n) is 3.14. The fraction of sp³-hybridized carbons (Fsp3) is 0.111. The summed E-state index contributed by atoms with van der Waals surface area (Å²) in [6, 6.07) is 13.4. The first-order valence-electron chi connectivity index (χ1n) is 6.69. The number of benzene rings is 2. The molecule has 0 aliphatic rings. The zero-order valence-electron chi connectivity index (χ0n) is 12.4. The maximum Gasteiger partial charge on any atom is 0.185 e. The van der Waals surface area contributed by atoms with Crippen molar-refractivity contribution in [1.29, 1.82) is 0 Å². The van der Waals surface area contributed by atoms with Crippen molar-refractivity contribution in [2.45, 2.75) is 0 Å². The van der Waals surface area contributed by atoms with Crippen LogP contribution >= 0.6 is 0 Å². The fourth-order valence-electron chi connectivity index (χ4n) is 1.85. The van der Waals surface area contributed by atoms with Crippen molar-refractivity contribution in [3.63, 3.8) is 0 Å². The van der Waals surface area contributed by atoms with Crippen LogP contribution in [0.5, 0.6) is 11.5 Å². The Balaban J connectivity index is 2.05. The normalized spacial score (nSPS) is 10.5. The third-order valence-corrected chi connectivity index (χ3v) is 3.14. The molecule has 0 atom stereocenters. The molecule has 0 radical (unpaired) electrons. The molecule has 0 aliphatic carbocycles. The van der Waals surface area contributed by atoms with E-state index in [4.69, 9.17) is 9.47 Å². The standard InChI is InChI=1S/C18H16O4/c1-21-15-7-3-13(4-8-15)17(19)11-12-18(20)14-5-9-16(22-2)10-6-14/h3-12H,1-2H3/b12-11-. The van der Waals surface area contributed by atoms with Gasteiger partial charge in [0.05, 0.1) is 14.2 Å². The predicted molar refractivity (Wildman–Crippen MR) is 83.8 cm³/mol. The monoisotopic (exact) mass is 296 g/mol. The molecule has 0 N–H and O–H groups in total. The molecule has 2 aromatic carbocycles. The van der Waals surface area contributed by atoms with Crippen LogP contribution in [0.1, 0.15) is 20.7 Å². The smallest absolute Gasteiger partial charge is 0.185 e. The lowest BCUT2D eigenvalue weighted by Gasteiger charge is -2.01. The zero-order chi connectivity index (χ0) is 15.9. The summed E-state index contributed by atoms with van der Waals surface area (Å²) in [5.41, 5.74) is 0.999. The zero-order valence-corrected chi connectivity index (χ0v) is 12.4. The molecule has 4 heteroatoms. The summed E-state index contributed by atoms with van der Waals surface area (Å²) in [5.74, 6) is 0.888. The molecule has 0 spiro atoms. The fourth-order valence-corrected chi connectivity index (χ4v) is 1.85. The van der Waals surface area contributed by atoms with Crippen LogP contribution in [0.2, 0.25) is 0 Å². The Kier molecular flexibility index (Phi) is 5.09. The molecule has 2 rings (SSSR count). The molecule has 0 heterocycles. The number of ether oxygens (including phenoxy) is 2. The first-order chi connectivity index (χ1) is 10.6. The van der Waals surface area contributed by atoms with Crippen molar-refractivity contribution in [1.82, 2.24) is 0 Å². The molecule has 2 aromatic rings. The Labute approximate surface area is 129 Å². The maximum atomic E-state index is 12.0. The predicted octanol–water partition coefficient (Wildman–Crippen LogP) is 3.33. The molecule has 4 nitrogen and oxygen atoms in total. The van der Waals surface area contributed by atoms with Crippen molar-refractivity contribution in [3.05, 3.63) is 71.8 Å². The van der Waals surface area contributed by atoms with E-state index in [1.165, 1.54) is 12.2 Å². The lowest BCUT2D eigenvalue weighted by Crippen LogP contribution is -1.98. The highest BCUT2D eigenvalue weighted by Gasteiger charge is 2.05. The minimum Gasteiger partial charge on any atom is -0.497 e.